The number of furan rings is 1. The van der Waals surface area contributed by atoms with E-state index in [0.717, 1.165) is 0 Å². The van der Waals surface area contributed by atoms with Gasteiger partial charge in [-0.1, -0.05) is 35.1 Å². The molecule has 2 aromatic carbocycles. The number of carbonyl (C=O) groups excluding carboxylic acids is 2. The molecule has 0 N–H and O–H groups in total. The fourth-order valence-corrected chi connectivity index (χ4v) is 5.90. The van der Waals surface area contributed by atoms with Gasteiger partial charge in [-0.3, -0.25) is 9.36 Å². The summed E-state index contributed by atoms with van der Waals surface area (Å²) in [7, 11) is 1.28. The summed E-state index contributed by atoms with van der Waals surface area (Å²) in [5.41, 5.74) is 1.99. The van der Waals surface area contributed by atoms with Gasteiger partial charge in [-0.05, 0) is 68.8 Å². The van der Waals surface area contributed by atoms with E-state index in [1.165, 1.54) is 23.0 Å². The van der Waals surface area contributed by atoms with Gasteiger partial charge >= 0.3 is 11.9 Å². The zero-order chi connectivity index (χ0) is 30.0. The number of ether oxygens (including phenoxy) is 3. The average molecular weight is 607 g/mol. The van der Waals surface area contributed by atoms with Crippen LogP contribution in [0.25, 0.3) is 17.4 Å². The number of carbonyl (C=O) groups is 2. The maximum Gasteiger partial charge on any atom is 0.339 e. The molecule has 216 valence electrons. The number of benzene rings is 2. The number of allylic oxidation sites excluding steroid dienone is 1. The van der Waals surface area contributed by atoms with Crippen LogP contribution in [0.15, 0.2) is 80.1 Å². The number of nitrogens with zero attached hydrogens (tertiary/aromatic N) is 2. The van der Waals surface area contributed by atoms with Crippen LogP contribution >= 0.6 is 22.9 Å². The van der Waals surface area contributed by atoms with E-state index in [9.17, 15) is 14.4 Å². The van der Waals surface area contributed by atoms with Crippen molar-refractivity contribution < 1.29 is 28.2 Å². The minimum atomic E-state index is -0.740. The molecule has 3 heterocycles. The van der Waals surface area contributed by atoms with Crippen LogP contribution in [-0.4, -0.2) is 36.8 Å². The molecule has 0 amide bonds. The number of methoxy groups -OCH3 is 1. The first-order chi connectivity index (χ1) is 20.2. The molecular formula is C31H27ClN2O7S. The molecule has 0 spiro atoms. The number of thiazole rings is 1. The van der Waals surface area contributed by atoms with Crippen molar-refractivity contribution in [3.63, 3.8) is 0 Å². The first kappa shape index (κ1) is 29.1. The second kappa shape index (κ2) is 12.2. The van der Waals surface area contributed by atoms with Crippen molar-refractivity contribution in [2.24, 2.45) is 4.99 Å². The van der Waals surface area contributed by atoms with Crippen LogP contribution in [0.4, 0.5) is 0 Å². The molecule has 0 fully saturated rings. The van der Waals surface area contributed by atoms with Crippen molar-refractivity contribution in [1.82, 2.24) is 4.57 Å². The lowest BCUT2D eigenvalue weighted by Crippen LogP contribution is -2.39. The van der Waals surface area contributed by atoms with Gasteiger partial charge in [-0.2, -0.15) is 0 Å². The third kappa shape index (κ3) is 5.55. The fourth-order valence-electron chi connectivity index (χ4n) is 4.68. The predicted molar refractivity (Wildman–Crippen MR) is 159 cm³/mol. The Morgan fingerprint density at radius 2 is 1.83 bits per heavy atom. The lowest BCUT2D eigenvalue weighted by Gasteiger charge is -2.24. The van der Waals surface area contributed by atoms with Crippen LogP contribution in [0, 0.1) is 0 Å². The molecule has 9 nitrogen and oxygen atoms in total. The Bertz CT molecular complexity index is 1880. The topological polar surface area (TPSA) is 109 Å². The molecule has 0 saturated heterocycles. The molecule has 1 aliphatic heterocycles. The molecule has 1 atom stereocenters. The van der Waals surface area contributed by atoms with Crippen molar-refractivity contribution in [2.75, 3.05) is 20.3 Å². The lowest BCUT2D eigenvalue weighted by atomic mass is 9.96. The van der Waals surface area contributed by atoms with E-state index in [-0.39, 0.29) is 22.8 Å². The Labute approximate surface area is 249 Å². The Balaban J connectivity index is 1.59. The summed E-state index contributed by atoms with van der Waals surface area (Å²) in [6.45, 7) is 6.06. The average Bonchev–Trinajstić information content (AvgIpc) is 3.57. The van der Waals surface area contributed by atoms with Crippen molar-refractivity contribution >= 4 is 41.0 Å². The van der Waals surface area contributed by atoms with Crippen LogP contribution in [0.5, 0.6) is 5.75 Å². The fraction of sp³-hybridized carbons (Fsp3) is 0.226. The number of halogens is 1. The van der Waals surface area contributed by atoms with Gasteiger partial charge in [-0.15, -0.1) is 0 Å². The molecule has 5 rings (SSSR count). The second-order valence-corrected chi connectivity index (χ2v) is 10.6. The lowest BCUT2D eigenvalue weighted by molar-refractivity contribution is -0.139. The van der Waals surface area contributed by atoms with E-state index in [1.54, 1.807) is 62.4 Å². The molecule has 0 aliphatic carbocycles. The minimum Gasteiger partial charge on any atom is -0.494 e. The zero-order valence-corrected chi connectivity index (χ0v) is 24.9. The summed E-state index contributed by atoms with van der Waals surface area (Å²) in [4.78, 5) is 44.1. The van der Waals surface area contributed by atoms with E-state index in [1.807, 2.05) is 19.1 Å². The third-order valence-electron chi connectivity index (χ3n) is 6.58. The maximum atomic E-state index is 13.8. The number of hydrogen-bond donors (Lipinski definition) is 0. The number of hydrogen-bond acceptors (Lipinski definition) is 9. The van der Waals surface area contributed by atoms with Gasteiger partial charge in [0.2, 0.25) is 0 Å². The largest absolute Gasteiger partial charge is 0.494 e. The standard InChI is InChI=1S/C31H27ClN2O7S/c1-5-39-20-10-7-18(8-11-20)27-26(30(37)40-6-2)17(3)33-31-34(27)28(35)25(42-31)16-21-12-14-24(41-21)19-9-13-23(32)22(15-19)29(36)38-4/h7-16,27H,5-6H2,1-4H3/b25-16-/t27-/m0/s1. The minimum absolute atomic E-state index is 0.186. The van der Waals surface area contributed by atoms with Crippen LogP contribution in [0.3, 0.4) is 0 Å². The molecule has 42 heavy (non-hydrogen) atoms. The van der Waals surface area contributed by atoms with Crippen LogP contribution in [-0.2, 0) is 14.3 Å². The normalized spacial score (nSPS) is 14.8. The maximum absolute atomic E-state index is 13.8. The van der Waals surface area contributed by atoms with Gasteiger partial charge in [0.15, 0.2) is 4.80 Å². The summed E-state index contributed by atoms with van der Waals surface area (Å²) in [5.74, 6) is 0.485. The van der Waals surface area contributed by atoms with Crippen LogP contribution in [0.2, 0.25) is 5.02 Å². The van der Waals surface area contributed by atoms with Crippen molar-refractivity contribution in [2.45, 2.75) is 26.8 Å². The highest BCUT2D eigenvalue weighted by molar-refractivity contribution is 7.07. The Hall–Kier alpha value is -4.41. The molecule has 0 radical (unpaired) electrons. The monoisotopic (exact) mass is 606 g/mol. The van der Waals surface area contributed by atoms with Crippen molar-refractivity contribution in [1.29, 1.82) is 0 Å². The first-order valence-electron chi connectivity index (χ1n) is 13.2. The predicted octanol–water partition coefficient (Wildman–Crippen LogP) is 4.90. The third-order valence-corrected chi connectivity index (χ3v) is 7.89. The number of aromatic nitrogens is 1. The first-order valence-corrected chi connectivity index (χ1v) is 14.4. The Morgan fingerprint density at radius 3 is 2.52 bits per heavy atom. The molecule has 1 aliphatic rings. The summed E-state index contributed by atoms with van der Waals surface area (Å²) < 4.78 is 23.6. The van der Waals surface area contributed by atoms with Gasteiger partial charge in [0.25, 0.3) is 5.56 Å². The SMILES string of the molecule is CCOC(=O)C1=C(C)N=c2s/c(=C\c3ccc(-c4ccc(Cl)c(C(=O)OC)c4)o3)c(=O)n2[C@H]1c1ccc(OCC)cc1. The molecule has 0 unspecified atom stereocenters. The molecule has 11 heteroatoms. The van der Waals surface area contributed by atoms with E-state index in [4.69, 9.17) is 30.2 Å². The van der Waals surface area contributed by atoms with Gasteiger partial charge < -0.3 is 18.6 Å². The zero-order valence-electron chi connectivity index (χ0n) is 23.3. The number of fused-ring (bicyclic) bond motifs is 1. The molecule has 4 aromatic rings. The van der Waals surface area contributed by atoms with Crippen molar-refractivity contribution in [3.05, 3.63) is 107 Å². The molecule has 2 aromatic heterocycles. The van der Waals surface area contributed by atoms with Gasteiger partial charge in [0.05, 0.1) is 52.8 Å². The van der Waals surface area contributed by atoms with Crippen LogP contribution < -0.4 is 19.6 Å². The second-order valence-electron chi connectivity index (χ2n) is 9.19. The van der Waals surface area contributed by atoms with E-state index in [2.05, 4.69) is 4.99 Å². The highest BCUT2D eigenvalue weighted by atomic mass is 35.5. The van der Waals surface area contributed by atoms with E-state index >= 15 is 0 Å². The Kier molecular flexibility index (Phi) is 8.46. The highest BCUT2D eigenvalue weighted by Gasteiger charge is 2.33. The molecular weight excluding hydrogens is 580 g/mol. The smallest absolute Gasteiger partial charge is 0.339 e. The summed E-state index contributed by atoms with van der Waals surface area (Å²) in [5, 5.41) is 0.262. The Morgan fingerprint density at radius 1 is 1.07 bits per heavy atom. The summed E-state index contributed by atoms with van der Waals surface area (Å²) >= 11 is 7.34. The van der Waals surface area contributed by atoms with Gasteiger partial charge in [-0.25, -0.2) is 14.6 Å². The molecule has 0 bridgehead atoms. The quantitative estimate of drug-likeness (QED) is 0.263. The van der Waals surface area contributed by atoms with Gasteiger partial charge in [0, 0.05) is 11.6 Å². The van der Waals surface area contributed by atoms with E-state index < -0.39 is 18.0 Å². The van der Waals surface area contributed by atoms with Crippen LogP contribution in [0.1, 0.15) is 48.5 Å². The number of esters is 2. The van der Waals surface area contributed by atoms with E-state index in [0.29, 0.717) is 55.6 Å². The van der Waals surface area contributed by atoms with Gasteiger partial charge in [0.1, 0.15) is 17.3 Å². The highest BCUT2D eigenvalue weighted by Crippen LogP contribution is 2.32. The van der Waals surface area contributed by atoms with Crippen molar-refractivity contribution in [3.8, 4) is 17.1 Å². The molecule has 0 saturated carbocycles. The summed E-state index contributed by atoms with van der Waals surface area (Å²) in [6, 6.07) is 14.9. The summed E-state index contributed by atoms with van der Waals surface area (Å²) in [6.07, 6.45) is 1.63. The number of rotatable bonds is 8.